The van der Waals surface area contributed by atoms with Gasteiger partial charge in [-0.05, 0) is 54.1 Å². The van der Waals surface area contributed by atoms with E-state index in [0.29, 0.717) is 5.56 Å². The average Bonchev–Trinajstić information content (AvgIpc) is 2.65. The number of hydrogen-bond acceptors (Lipinski definition) is 4. The number of halogens is 1. The molecule has 142 valence electrons. The Morgan fingerprint density at radius 1 is 1.12 bits per heavy atom. The summed E-state index contributed by atoms with van der Waals surface area (Å²) < 4.78 is 29.1. The first-order valence-electron chi connectivity index (χ1n) is 8.38. The highest BCUT2D eigenvalue weighted by Gasteiger charge is 2.30. The van der Waals surface area contributed by atoms with Gasteiger partial charge in [-0.2, -0.15) is 0 Å². The second-order valence-electron chi connectivity index (χ2n) is 6.20. The van der Waals surface area contributed by atoms with Crippen LogP contribution in [0, 0.1) is 5.92 Å². The summed E-state index contributed by atoms with van der Waals surface area (Å²) in [4.78, 5) is 1.27. The number of nitrogens with one attached hydrogen (secondary N) is 1. The van der Waals surface area contributed by atoms with E-state index in [4.69, 9.17) is 0 Å². The molecule has 0 aliphatic carbocycles. The molecule has 2 N–H and O–H groups in total. The van der Waals surface area contributed by atoms with E-state index in [-0.39, 0.29) is 10.8 Å². The predicted octanol–water partition coefficient (Wildman–Crippen LogP) is 4.60. The van der Waals surface area contributed by atoms with Crippen LogP contribution in [0.2, 0.25) is 0 Å². The van der Waals surface area contributed by atoms with Gasteiger partial charge in [0.15, 0.2) is 0 Å². The Morgan fingerprint density at radius 3 is 2.19 bits per heavy atom. The Balaban J connectivity index is 2.29. The van der Waals surface area contributed by atoms with Crippen LogP contribution < -0.4 is 4.72 Å². The van der Waals surface area contributed by atoms with Crippen LogP contribution in [0.25, 0.3) is 0 Å². The highest BCUT2D eigenvalue weighted by molar-refractivity contribution is 9.10. The van der Waals surface area contributed by atoms with E-state index >= 15 is 0 Å². The standard InChI is InChI=1S/C19H24BrNO3S2/c1-4-13(2)18(19(22)14-5-9-16(25-3)10-6-14)21-26(23,24)17-11-7-15(20)8-12-17/h5-13,18-19,21-22H,4H2,1-3H3/t13-,18-,19?/m0/s1. The van der Waals surface area contributed by atoms with Crippen molar-refractivity contribution in [1.29, 1.82) is 0 Å². The fourth-order valence-corrected chi connectivity index (χ4v) is 4.64. The van der Waals surface area contributed by atoms with Crippen LogP contribution in [0.1, 0.15) is 31.9 Å². The summed E-state index contributed by atoms with van der Waals surface area (Å²) in [6.45, 7) is 3.92. The highest BCUT2D eigenvalue weighted by Crippen LogP contribution is 2.27. The number of sulfonamides is 1. The van der Waals surface area contributed by atoms with Gasteiger partial charge in [-0.15, -0.1) is 11.8 Å². The maximum Gasteiger partial charge on any atom is 0.240 e. The molecule has 2 aromatic carbocycles. The number of aliphatic hydroxyl groups excluding tert-OH is 1. The molecule has 0 saturated heterocycles. The monoisotopic (exact) mass is 457 g/mol. The van der Waals surface area contributed by atoms with Gasteiger partial charge < -0.3 is 5.11 Å². The zero-order chi connectivity index (χ0) is 19.3. The molecular formula is C19H24BrNO3S2. The average molecular weight is 458 g/mol. The molecule has 0 fully saturated rings. The van der Waals surface area contributed by atoms with E-state index in [9.17, 15) is 13.5 Å². The van der Waals surface area contributed by atoms with Crippen LogP contribution in [0.5, 0.6) is 0 Å². The second kappa shape index (κ2) is 9.37. The molecule has 26 heavy (non-hydrogen) atoms. The molecule has 0 spiro atoms. The van der Waals surface area contributed by atoms with Crippen LogP contribution in [0.15, 0.2) is 62.8 Å². The van der Waals surface area contributed by atoms with Gasteiger partial charge in [-0.25, -0.2) is 13.1 Å². The lowest BCUT2D eigenvalue weighted by molar-refractivity contribution is 0.112. The Bertz CT molecular complexity index is 808. The SMILES string of the molecule is CC[C@H](C)[C@H](NS(=O)(=O)c1ccc(Br)cc1)C(O)c1ccc(SC)cc1. The van der Waals surface area contributed by atoms with Crippen LogP contribution in [0.4, 0.5) is 0 Å². The van der Waals surface area contributed by atoms with Crippen LogP contribution >= 0.6 is 27.7 Å². The third-order valence-electron chi connectivity index (χ3n) is 4.47. The Labute approximate surface area is 168 Å². The molecule has 0 aliphatic heterocycles. The Kier molecular flexibility index (Phi) is 7.73. The number of hydrogen-bond donors (Lipinski definition) is 2. The zero-order valence-electron chi connectivity index (χ0n) is 15.0. The fourth-order valence-electron chi connectivity index (χ4n) is 2.62. The first-order valence-corrected chi connectivity index (χ1v) is 11.9. The van der Waals surface area contributed by atoms with Gasteiger partial charge in [-0.3, -0.25) is 0 Å². The van der Waals surface area contributed by atoms with Crippen molar-refractivity contribution in [1.82, 2.24) is 4.72 Å². The van der Waals surface area contributed by atoms with E-state index in [0.717, 1.165) is 15.8 Å². The highest BCUT2D eigenvalue weighted by atomic mass is 79.9. The minimum Gasteiger partial charge on any atom is -0.387 e. The summed E-state index contributed by atoms with van der Waals surface area (Å²) in [6, 6.07) is 13.4. The van der Waals surface area contributed by atoms with E-state index in [2.05, 4.69) is 20.7 Å². The molecular weight excluding hydrogens is 434 g/mol. The zero-order valence-corrected chi connectivity index (χ0v) is 18.2. The molecule has 0 amide bonds. The summed E-state index contributed by atoms with van der Waals surface area (Å²) in [5.74, 6) is -0.0320. The van der Waals surface area contributed by atoms with Crippen LogP contribution in [0.3, 0.4) is 0 Å². The molecule has 4 nitrogen and oxygen atoms in total. The normalized spacial score (nSPS) is 15.4. The molecule has 0 heterocycles. The van der Waals surface area contributed by atoms with E-state index in [1.807, 2.05) is 44.4 Å². The van der Waals surface area contributed by atoms with Crippen molar-refractivity contribution in [3.8, 4) is 0 Å². The quantitative estimate of drug-likeness (QED) is 0.568. The largest absolute Gasteiger partial charge is 0.387 e. The number of rotatable bonds is 8. The van der Waals surface area contributed by atoms with Gasteiger partial charge in [0.25, 0.3) is 0 Å². The Morgan fingerprint density at radius 2 is 1.69 bits per heavy atom. The molecule has 1 unspecified atom stereocenters. The summed E-state index contributed by atoms with van der Waals surface area (Å²) >= 11 is 4.93. The first-order chi connectivity index (χ1) is 12.3. The summed E-state index contributed by atoms with van der Waals surface area (Å²) in [7, 11) is -3.73. The van der Waals surface area contributed by atoms with Crippen molar-refractivity contribution < 1.29 is 13.5 Å². The van der Waals surface area contributed by atoms with E-state index in [1.54, 1.807) is 36.0 Å². The maximum atomic E-state index is 12.8. The lowest BCUT2D eigenvalue weighted by Crippen LogP contribution is -2.43. The van der Waals surface area contributed by atoms with Gasteiger partial charge in [-0.1, -0.05) is 48.3 Å². The van der Waals surface area contributed by atoms with Gasteiger partial charge in [0.05, 0.1) is 17.0 Å². The second-order valence-corrected chi connectivity index (χ2v) is 9.71. The van der Waals surface area contributed by atoms with Crippen molar-refractivity contribution in [2.75, 3.05) is 6.26 Å². The third-order valence-corrected chi connectivity index (χ3v) is 7.22. The topological polar surface area (TPSA) is 66.4 Å². The van der Waals surface area contributed by atoms with Gasteiger partial charge in [0.2, 0.25) is 10.0 Å². The van der Waals surface area contributed by atoms with E-state index < -0.39 is 22.2 Å². The maximum absolute atomic E-state index is 12.8. The Hall–Kier alpha value is -0.860. The molecule has 2 rings (SSSR count). The van der Waals surface area contributed by atoms with Crippen molar-refractivity contribution in [2.24, 2.45) is 5.92 Å². The van der Waals surface area contributed by atoms with Crippen LogP contribution in [-0.4, -0.2) is 25.8 Å². The van der Waals surface area contributed by atoms with Crippen molar-refractivity contribution in [2.45, 2.75) is 42.2 Å². The molecule has 3 atom stereocenters. The minimum absolute atomic E-state index is 0.0320. The summed E-state index contributed by atoms with van der Waals surface area (Å²) in [6.07, 6.45) is 1.80. The van der Waals surface area contributed by atoms with E-state index in [1.165, 1.54) is 0 Å². The van der Waals surface area contributed by atoms with Gasteiger partial charge >= 0.3 is 0 Å². The first kappa shape index (κ1) is 21.4. The predicted molar refractivity (Wildman–Crippen MR) is 111 cm³/mol. The third kappa shape index (κ3) is 5.33. The lowest BCUT2D eigenvalue weighted by Gasteiger charge is -2.29. The van der Waals surface area contributed by atoms with Gasteiger partial charge in [0, 0.05) is 9.37 Å². The number of aliphatic hydroxyl groups is 1. The number of thioether (sulfide) groups is 1. The smallest absolute Gasteiger partial charge is 0.240 e. The molecule has 2 aromatic rings. The molecule has 7 heteroatoms. The fraction of sp³-hybridized carbons (Fsp3) is 0.368. The van der Waals surface area contributed by atoms with Crippen molar-refractivity contribution in [3.05, 3.63) is 58.6 Å². The molecule has 0 radical (unpaired) electrons. The lowest BCUT2D eigenvalue weighted by atomic mass is 9.91. The summed E-state index contributed by atoms with van der Waals surface area (Å²) in [5, 5.41) is 10.9. The van der Waals surface area contributed by atoms with Crippen LogP contribution in [-0.2, 0) is 10.0 Å². The summed E-state index contributed by atoms with van der Waals surface area (Å²) in [5.41, 5.74) is 0.701. The van der Waals surface area contributed by atoms with Gasteiger partial charge in [0.1, 0.15) is 0 Å². The number of benzene rings is 2. The molecule has 0 aromatic heterocycles. The molecule has 0 bridgehead atoms. The van der Waals surface area contributed by atoms with Crippen molar-refractivity contribution in [3.63, 3.8) is 0 Å². The molecule has 0 aliphatic rings. The minimum atomic E-state index is -3.73. The van der Waals surface area contributed by atoms with Crippen molar-refractivity contribution >= 4 is 37.7 Å². The molecule has 0 saturated carbocycles.